The predicted molar refractivity (Wildman–Crippen MR) is 114 cm³/mol. The van der Waals surface area contributed by atoms with Gasteiger partial charge in [-0.2, -0.15) is 4.98 Å². The fourth-order valence-corrected chi connectivity index (χ4v) is 5.17. The normalized spacial score (nSPS) is 20.9. The zero-order valence-corrected chi connectivity index (χ0v) is 17.6. The molecule has 3 fully saturated rings. The molecule has 7 heteroatoms. The van der Waals surface area contributed by atoms with Gasteiger partial charge in [-0.05, 0) is 43.7 Å². The van der Waals surface area contributed by atoms with Gasteiger partial charge in [0, 0.05) is 50.3 Å². The van der Waals surface area contributed by atoms with E-state index in [-0.39, 0.29) is 0 Å². The molecule has 0 unspecified atom stereocenters. The van der Waals surface area contributed by atoms with E-state index in [1.54, 1.807) is 0 Å². The Morgan fingerprint density at radius 2 is 1.73 bits per heavy atom. The summed E-state index contributed by atoms with van der Waals surface area (Å²) >= 11 is 0. The summed E-state index contributed by atoms with van der Waals surface area (Å²) in [6.45, 7) is 3.22. The van der Waals surface area contributed by atoms with Crippen LogP contribution in [-0.4, -0.2) is 52.1 Å². The average molecular weight is 410 g/mol. The number of rotatable bonds is 5. The topological polar surface area (TPSA) is 75.4 Å². The highest BCUT2D eigenvalue weighted by Crippen LogP contribution is 2.34. The van der Waals surface area contributed by atoms with E-state index in [0.29, 0.717) is 23.6 Å². The van der Waals surface area contributed by atoms with Crippen LogP contribution in [0.25, 0.3) is 11.4 Å². The second-order valence-corrected chi connectivity index (χ2v) is 9.07. The molecular weight excluding hydrogens is 378 g/mol. The second kappa shape index (κ2) is 8.74. The van der Waals surface area contributed by atoms with Crippen molar-refractivity contribution in [1.82, 2.24) is 20.0 Å². The lowest BCUT2D eigenvalue weighted by molar-refractivity contribution is -0.132. The van der Waals surface area contributed by atoms with Gasteiger partial charge < -0.3 is 14.3 Å². The zero-order chi connectivity index (χ0) is 20.3. The van der Waals surface area contributed by atoms with Gasteiger partial charge in [-0.3, -0.25) is 4.79 Å². The van der Waals surface area contributed by atoms with Gasteiger partial charge >= 0.3 is 0 Å². The van der Waals surface area contributed by atoms with E-state index >= 15 is 0 Å². The lowest BCUT2D eigenvalue weighted by Gasteiger charge is -2.36. The molecule has 2 aromatic rings. The molecule has 0 spiro atoms. The van der Waals surface area contributed by atoms with Crippen LogP contribution < -0.4 is 4.90 Å². The molecule has 0 aromatic carbocycles. The van der Waals surface area contributed by atoms with E-state index in [1.807, 2.05) is 23.2 Å². The molecule has 30 heavy (non-hydrogen) atoms. The molecule has 1 aliphatic heterocycles. The average Bonchev–Trinajstić information content (AvgIpc) is 3.56. The number of hydrogen-bond acceptors (Lipinski definition) is 6. The summed E-state index contributed by atoms with van der Waals surface area (Å²) in [6.07, 6.45) is 12.4. The second-order valence-electron chi connectivity index (χ2n) is 9.07. The summed E-state index contributed by atoms with van der Waals surface area (Å²) in [5.74, 6) is 3.71. The molecule has 0 bridgehead atoms. The van der Waals surface area contributed by atoms with Gasteiger partial charge in [-0.1, -0.05) is 30.8 Å². The van der Waals surface area contributed by atoms with Gasteiger partial charge in [0.25, 0.3) is 0 Å². The van der Waals surface area contributed by atoms with E-state index in [4.69, 9.17) is 4.52 Å². The Morgan fingerprint density at radius 3 is 2.43 bits per heavy atom. The SMILES string of the molecule is O=C(CC1CCCC1)N1CCN(c2ccc(-c3noc(C4CCCC4)n3)cn2)CC1. The Kier molecular flexibility index (Phi) is 5.69. The fraction of sp³-hybridized carbons (Fsp3) is 0.652. The Bertz CT molecular complexity index is 845. The van der Waals surface area contributed by atoms with Crippen molar-refractivity contribution >= 4 is 11.7 Å². The van der Waals surface area contributed by atoms with E-state index < -0.39 is 0 Å². The molecule has 0 radical (unpaired) electrons. The van der Waals surface area contributed by atoms with Crippen molar-refractivity contribution in [3.63, 3.8) is 0 Å². The van der Waals surface area contributed by atoms with Crippen LogP contribution in [0, 0.1) is 5.92 Å². The number of anilines is 1. The Morgan fingerprint density at radius 1 is 1.00 bits per heavy atom. The third kappa shape index (κ3) is 4.20. The Balaban J connectivity index is 1.16. The Hall–Kier alpha value is -2.44. The smallest absolute Gasteiger partial charge is 0.230 e. The first-order chi connectivity index (χ1) is 14.8. The highest BCUT2D eigenvalue weighted by molar-refractivity contribution is 5.76. The largest absolute Gasteiger partial charge is 0.353 e. The van der Waals surface area contributed by atoms with Crippen molar-refractivity contribution in [2.24, 2.45) is 5.92 Å². The van der Waals surface area contributed by atoms with Crippen molar-refractivity contribution in [3.05, 3.63) is 24.2 Å². The molecule has 0 N–H and O–H groups in total. The van der Waals surface area contributed by atoms with Crippen LogP contribution in [0.2, 0.25) is 0 Å². The maximum atomic E-state index is 12.6. The molecule has 1 amide bonds. The van der Waals surface area contributed by atoms with Gasteiger partial charge in [0.15, 0.2) is 0 Å². The minimum absolute atomic E-state index is 0.333. The zero-order valence-electron chi connectivity index (χ0n) is 17.6. The molecule has 2 aliphatic carbocycles. The maximum Gasteiger partial charge on any atom is 0.230 e. The summed E-state index contributed by atoms with van der Waals surface area (Å²) in [6, 6.07) is 4.04. The van der Waals surface area contributed by atoms with Crippen LogP contribution in [0.1, 0.15) is 69.6 Å². The van der Waals surface area contributed by atoms with Crippen molar-refractivity contribution < 1.29 is 9.32 Å². The van der Waals surface area contributed by atoms with Gasteiger partial charge in [0.1, 0.15) is 5.82 Å². The fourth-order valence-electron chi connectivity index (χ4n) is 5.17. The van der Waals surface area contributed by atoms with Crippen LogP contribution in [-0.2, 0) is 4.79 Å². The third-order valence-corrected chi connectivity index (χ3v) is 7.05. The molecule has 3 aliphatic rings. The molecular formula is C23H31N5O2. The maximum absolute atomic E-state index is 12.6. The van der Waals surface area contributed by atoms with E-state index in [0.717, 1.165) is 62.7 Å². The molecule has 7 nitrogen and oxygen atoms in total. The lowest BCUT2D eigenvalue weighted by Crippen LogP contribution is -2.49. The van der Waals surface area contributed by atoms with Crippen LogP contribution in [0.4, 0.5) is 5.82 Å². The number of amides is 1. The molecule has 1 saturated heterocycles. The molecule has 3 heterocycles. The number of carbonyl (C=O) groups is 1. The standard InChI is InChI=1S/C23H31N5O2/c29-21(15-17-5-1-2-6-17)28-13-11-27(12-14-28)20-10-9-19(16-24-20)22-25-23(30-26-22)18-7-3-4-8-18/h9-10,16-18H,1-8,11-15H2. The van der Waals surface area contributed by atoms with E-state index in [9.17, 15) is 4.79 Å². The summed E-state index contributed by atoms with van der Waals surface area (Å²) in [5.41, 5.74) is 0.886. The molecule has 160 valence electrons. The summed E-state index contributed by atoms with van der Waals surface area (Å²) < 4.78 is 5.49. The predicted octanol–water partition coefficient (Wildman–Crippen LogP) is 4.02. The number of carbonyl (C=O) groups excluding carboxylic acids is 1. The monoisotopic (exact) mass is 409 g/mol. The van der Waals surface area contributed by atoms with E-state index in [1.165, 1.54) is 38.5 Å². The lowest BCUT2D eigenvalue weighted by atomic mass is 10.0. The summed E-state index contributed by atoms with van der Waals surface area (Å²) in [4.78, 5) is 26.1. The minimum Gasteiger partial charge on any atom is -0.353 e. The molecule has 2 saturated carbocycles. The van der Waals surface area contributed by atoms with Crippen LogP contribution in [0.15, 0.2) is 22.9 Å². The van der Waals surface area contributed by atoms with Crippen molar-refractivity contribution in [1.29, 1.82) is 0 Å². The van der Waals surface area contributed by atoms with Crippen molar-refractivity contribution in [2.75, 3.05) is 31.1 Å². The van der Waals surface area contributed by atoms with Gasteiger partial charge in [0.05, 0.1) is 0 Å². The van der Waals surface area contributed by atoms with Crippen LogP contribution in [0.5, 0.6) is 0 Å². The van der Waals surface area contributed by atoms with Gasteiger partial charge in [0.2, 0.25) is 17.6 Å². The quantitative estimate of drug-likeness (QED) is 0.742. The molecule has 0 atom stereocenters. The van der Waals surface area contributed by atoms with Crippen LogP contribution in [0.3, 0.4) is 0 Å². The van der Waals surface area contributed by atoms with Crippen molar-refractivity contribution in [2.45, 2.75) is 63.7 Å². The number of nitrogens with zero attached hydrogens (tertiary/aromatic N) is 5. The first-order valence-corrected chi connectivity index (χ1v) is 11.6. The Labute approximate surface area is 177 Å². The van der Waals surface area contributed by atoms with Crippen molar-refractivity contribution in [3.8, 4) is 11.4 Å². The third-order valence-electron chi connectivity index (χ3n) is 7.05. The number of hydrogen-bond donors (Lipinski definition) is 0. The number of aromatic nitrogens is 3. The summed E-state index contributed by atoms with van der Waals surface area (Å²) in [5, 5.41) is 4.16. The summed E-state index contributed by atoms with van der Waals surface area (Å²) in [7, 11) is 0. The first kappa shape index (κ1) is 19.5. The molecule has 2 aromatic heterocycles. The van der Waals surface area contributed by atoms with E-state index in [2.05, 4.69) is 20.0 Å². The highest BCUT2D eigenvalue weighted by atomic mass is 16.5. The minimum atomic E-state index is 0.333. The van der Waals surface area contributed by atoms with Gasteiger partial charge in [-0.15, -0.1) is 0 Å². The number of pyridine rings is 1. The van der Waals surface area contributed by atoms with Crippen LogP contribution >= 0.6 is 0 Å². The molecule has 5 rings (SSSR count). The van der Waals surface area contributed by atoms with Gasteiger partial charge in [-0.25, -0.2) is 4.98 Å². The highest BCUT2D eigenvalue weighted by Gasteiger charge is 2.26. The number of piperazine rings is 1. The first-order valence-electron chi connectivity index (χ1n) is 11.6.